The molecule has 3 aromatic carbocycles. The number of carbonyl (C=O) groups excluding carboxylic acids is 4. The van der Waals surface area contributed by atoms with Crippen LogP contribution < -0.4 is 43.6 Å². The van der Waals surface area contributed by atoms with Crippen molar-refractivity contribution in [2.45, 2.75) is 63.0 Å². The Labute approximate surface area is 293 Å². The largest absolute Gasteiger partial charge is 0.489 e. The number of halogens is 3. The number of rotatable bonds is 19. The van der Waals surface area contributed by atoms with Gasteiger partial charge in [-0.05, 0) is 86.2 Å². The van der Waals surface area contributed by atoms with E-state index in [1.807, 2.05) is 0 Å². The highest BCUT2D eigenvalue weighted by molar-refractivity contribution is 5.98. The van der Waals surface area contributed by atoms with Gasteiger partial charge in [-0.15, -0.1) is 0 Å². The molecule has 3 aromatic rings. The molecule has 0 saturated heterocycles. The summed E-state index contributed by atoms with van der Waals surface area (Å²) in [6.45, 7) is 0.533. The van der Waals surface area contributed by atoms with E-state index in [0.29, 0.717) is 48.2 Å². The van der Waals surface area contributed by atoms with Crippen LogP contribution >= 0.6 is 0 Å². The zero-order valence-corrected chi connectivity index (χ0v) is 27.8. The number of hydrogen-bond acceptors (Lipinski definition) is 7. The number of unbranched alkanes of at least 4 members (excludes halogenated alkanes) is 1. The van der Waals surface area contributed by atoms with Crippen molar-refractivity contribution in [3.63, 3.8) is 0 Å². The molecule has 0 heterocycles. The monoisotopic (exact) mass is 712 g/mol. The van der Waals surface area contributed by atoms with Crippen LogP contribution in [0.5, 0.6) is 5.75 Å². The van der Waals surface area contributed by atoms with E-state index in [-0.39, 0.29) is 32.0 Å². The SMILES string of the molecule is NCCCC[C@H](NC(=O)[C@H](CCCN=C(N)N)NC(=O)c1ccccc1)C(=O)N[C@@H](C(N)=O)c1ccc(OCc2ccc(C(F)(F)F)cc2)cc1. The topological polar surface area (TPSA) is 230 Å². The predicted octanol–water partition coefficient (Wildman–Crippen LogP) is 2.39. The lowest BCUT2D eigenvalue weighted by Gasteiger charge is -2.25. The van der Waals surface area contributed by atoms with Gasteiger partial charge in [0.25, 0.3) is 5.91 Å². The molecule has 274 valence electrons. The summed E-state index contributed by atoms with van der Waals surface area (Å²) >= 11 is 0. The van der Waals surface area contributed by atoms with Gasteiger partial charge in [0, 0.05) is 12.1 Å². The van der Waals surface area contributed by atoms with Crippen molar-refractivity contribution in [1.29, 1.82) is 0 Å². The number of hydrogen-bond donors (Lipinski definition) is 7. The number of amides is 4. The fourth-order valence-electron chi connectivity index (χ4n) is 4.91. The van der Waals surface area contributed by atoms with Crippen molar-refractivity contribution < 1.29 is 37.1 Å². The Morgan fingerprint density at radius 1 is 0.745 bits per heavy atom. The van der Waals surface area contributed by atoms with E-state index in [2.05, 4.69) is 20.9 Å². The average Bonchev–Trinajstić information content (AvgIpc) is 3.10. The van der Waals surface area contributed by atoms with Crippen molar-refractivity contribution in [2.75, 3.05) is 13.1 Å². The van der Waals surface area contributed by atoms with E-state index < -0.39 is 53.5 Å². The van der Waals surface area contributed by atoms with Crippen LogP contribution in [0.1, 0.15) is 65.2 Å². The third-order valence-corrected chi connectivity index (χ3v) is 7.65. The van der Waals surface area contributed by atoms with Crippen molar-refractivity contribution in [2.24, 2.45) is 27.9 Å². The summed E-state index contributed by atoms with van der Waals surface area (Å²) in [6, 6.07) is 15.4. The van der Waals surface area contributed by atoms with Gasteiger partial charge in [0.2, 0.25) is 17.7 Å². The molecule has 0 aliphatic rings. The highest BCUT2D eigenvalue weighted by Crippen LogP contribution is 2.29. The summed E-state index contributed by atoms with van der Waals surface area (Å²) in [4.78, 5) is 56.5. The van der Waals surface area contributed by atoms with Gasteiger partial charge < -0.3 is 43.6 Å². The standard InChI is InChI=1S/C35H43F3N8O5/c36-35(37,38)25-15-11-22(12-16-25)21-51-26-17-13-23(14-18-26)29(30(40)47)46-33(50)27(9-4-5-19-39)45-32(49)28(10-6-20-43-34(41)42)44-31(48)24-7-2-1-3-8-24/h1-3,7-8,11-18,27-29H,4-6,9-10,19-21,39H2,(H2,40,47)(H,44,48)(H,45,49)(H,46,50)(H4,41,42,43)/t27-,28-,29+/m0/s1. The summed E-state index contributed by atoms with van der Waals surface area (Å²) < 4.78 is 44.2. The molecule has 11 N–H and O–H groups in total. The maximum absolute atomic E-state index is 13.6. The first-order valence-electron chi connectivity index (χ1n) is 16.2. The number of nitrogens with one attached hydrogen (secondary N) is 3. The Hall–Kier alpha value is -5.64. The molecule has 13 nitrogen and oxygen atoms in total. The predicted molar refractivity (Wildman–Crippen MR) is 185 cm³/mol. The molecule has 0 spiro atoms. The Kier molecular flexibility index (Phi) is 15.2. The van der Waals surface area contributed by atoms with Crippen molar-refractivity contribution >= 4 is 29.6 Å². The lowest BCUT2D eigenvalue weighted by Crippen LogP contribution is -2.54. The lowest BCUT2D eigenvalue weighted by molar-refractivity contribution is -0.137. The molecule has 0 bridgehead atoms. The van der Waals surface area contributed by atoms with E-state index >= 15 is 0 Å². The number of ether oxygens (including phenoxy) is 1. The van der Waals surface area contributed by atoms with Gasteiger partial charge in [-0.3, -0.25) is 24.2 Å². The van der Waals surface area contributed by atoms with Crippen molar-refractivity contribution in [1.82, 2.24) is 16.0 Å². The molecular weight excluding hydrogens is 669 g/mol. The summed E-state index contributed by atoms with van der Waals surface area (Å²) in [6.07, 6.45) is -2.77. The number of aliphatic imine (C=N–C) groups is 1. The van der Waals surface area contributed by atoms with Gasteiger partial charge in [-0.2, -0.15) is 13.2 Å². The minimum absolute atomic E-state index is 0.0151. The van der Waals surface area contributed by atoms with Crippen LogP contribution in [0.2, 0.25) is 0 Å². The molecule has 0 aliphatic carbocycles. The maximum Gasteiger partial charge on any atom is 0.416 e. The van der Waals surface area contributed by atoms with Gasteiger partial charge in [0.1, 0.15) is 30.5 Å². The molecule has 0 saturated carbocycles. The Morgan fingerprint density at radius 2 is 1.35 bits per heavy atom. The van der Waals surface area contributed by atoms with E-state index in [1.54, 1.807) is 30.3 Å². The van der Waals surface area contributed by atoms with Crippen LogP contribution in [-0.2, 0) is 27.2 Å². The number of carbonyl (C=O) groups is 4. The first-order chi connectivity index (χ1) is 24.3. The van der Waals surface area contributed by atoms with E-state index in [0.717, 1.165) is 12.1 Å². The van der Waals surface area contributed by atoms with Gasteiger partial charge in [-0.25, -0.2) is 0 Å². The van der Waals surface area contributed by atoms with E-state index in [9.17, 15) is 32.3 Å². The number of benzene rings is 3. The summed E-state index contributed by atoms with van der Waals surface area (Å²) in [7, 11) is 0. The highest BCUT2D eigenvalue weighted by atomic mass is 19.4. The van der Waals surface area contributed by atoms with Crippen LogP contribution in [-0.4, -0.2) is 54.8 Å². The van der Waals surface area contributed by atoms with E-state index in [4.69, 9.17) is 27.7 Å². The smallest absolute Gasteiger partial charge is 0.416 e. The van der Waals surface area contributed by atoms with Crippen LogP contribution in [0.4, 0.5) is 13.2 Å². The first kappa shape index (κ1) is 39.8. The fourth-order valence-corrected chi connectivity index (χ4v) is 4.91. The minimum Gasteiger partial charge on any atom is -0.489 e. The van der Waals surface area contributed by atoms with Crippen molar-refractivity contribution in [3.05, 3.63) is 101 Å². The molecule has 0 radical (unpaired) electrons. The fraction of sp³-hybridized carbons (Fsp3) is 0.343. The first-order valence-corrected chi connectivity index (χ1v) is 16.2. The molecule has 3 atom stereocenters. The number of primary amides is 1. The minimum atomic E-state index is -4.45. The quantitative estimate of drug-likeness (QED) is 0.0553. The molecule has 4 amide bonds. The molecular formula is C35H43F3N8O5. The Morgan fingerprint density at radius 3 is 1.94 bits per heavy atom. The van der Waals surface area contributed by atoms with Gasteiger partial charge >= 0.3 is 6.18 Å². The zero-order valence-electron chi connectivity index (χ0n) is 27.8. The second-order valence-electron chi connectivity index (χ2n) is 11.6. The lowest BCUT2D eigenvalue weighted by atomic mass is 10.0. The molecule has 0 aromatic heterocycles. The van der Waals surface area contributed by atoms with Crippen LogP contribution in [0.15, 0.2) is 83.9 Å². The normalized spacial score (nSPS) is 12.9. The Balaban J connectivity index is 1.71. The van der Waals surface area contributed by atoms with Crippen LogP contribution in [0.3, 0.4) is 0 Å². The number of nitrogens with zero attached hydrogens (tertiary/aromatic N) is 1. The molecule has 3 rings (SSSR count). The summed E-state index contributed by atoms with van der Waals surface area (Å²) in [5.41, 5.74) is 22.5. The molecule has 0 fully saturated rings. The van der Waals surface area contributed by atoms with Gasteiger partial charge in [0.05, 0.1) is 5.56 Å². The molecule has 0 aliphatic heterocycles. The molecule has 16 heteroatoms. The van der Waals surface area contributed by atoms with Crippen LogP contribution in [0, 0.1) is 0 Å². The molecule has 0 unspecified atom stereocenters. The Bertz CT molecular complexity index is 1620. The number of alkyl halides is 3. The highest BCUT2D eigenvalue weighted by Gasteiger charge is 2.31. The molecule has 51 heavy (non-hydrogen) atoms. The van der Waals surface area contributed by atoms with Gasteiger partial charge in [-0.1, -0.05) is 42.5 Å². The second kappa shape index (κ2) is 19.5. The maximum atomic E-state index is 13.6. The summed E-state index contributed by atoms with van der Waals surface area (Å²) in [5, 5.41) is 8.02. The van der Waals surface area contributed by atoms with Crippen molar-refractivity contribution in [3.8, 4) is 5.75 Å². The van der Waals surface area contributed by atoms with Crippen LogP contribution in [0.25, 0.3) is 0 Å². The van der Waals surface area contributed by atoms with E-state index in [1.165, 1.54) is 36.4 Å². The summed E-state index contributed by atoms with van der Waals surface area (Å²) in [5.74, 6) is -2.47. The second-order valence-corrected chi connectivity index (χ2v) is 11.6. The third-order valence-electron chi connectivity index (χ3n) is 7.65. The number of nitrogens with two attached hydrogens (primary N) is 4. The average molecular weight is 713 g/mol. The number of guanidine groups is 1. The zero-order chi connectivity index (χ0) is 37.4. The third kappa shape index (κ3) is 13.3. The van der Waals surface area contributed by atoms with Gasteiger partial charge in [0.15, 0.2) is 5.96 Å².